The summed E-state index contributed by atoms with van der Waals surface area (Å²) in [6, 6.07) is 5.92. The number of amides is 1. The number of sulfonamides is 1. The number of hydrogen-bond donors (Lipinski definition) is 2. The van der Waals surface area contributed by atoms with Gasteiger partial charge in [0.05, 0.1) is 10.6 Å². The standard InChI is InChI=1S/C19H28N2O5S2/c22-19(16-5-2-1-3-6-16)20-17-7-4-12-21(13-17)28(25,26)18-10-8-15(9-11-18)14-27(23)24/h8-11,16-17H,1-7,12-14H2,(H,20,22)(H,23,24)/t17-/m0/s1. The van der Waals surface area contributed by atoms with Crippen LogP contribution >= 0.6 is 0 Å². The first kappa shape index (κ1) is 21.4. The Labute approximate surface area is 169 Å². The van der Waals surface area contributed by atoms with E-state index in [0.717, 1.165) is 32.1 Å². The third kappa shape index (κ3) is 5.40. The normalized spacial score (nSPS) is 23.2. The fraction of sp³-hybridized carbons (Fsp3) is 0.632. The van der Waals surface area contributed by atoms with Crippen LogP contribution in [-0.2, 0) is 31.7 Å². The number of benzene rings is 1. The van der Waals surface area contributed by atoms with E-state index in [1.54, 1.807) is 12.1 Å². The Morgan fingerprint density at radius 1 is 1.11 bits per heavy atom. The van der Waals surface area contributed by atoms with Crippen molar-refractivity contribution in [2.75, 3.05) is 13.1 Å². The number of carbonyl (C=O) groups excluding carboxylic acids is 1. The summed E-state index contributed by atoms with van der Waals surface area (Å²) in [7, 11) is -3.66. The lowest BCUT2D eigenvalue weighted by molar-refractivity contribution is -0.126. The molecule has 0 radical (unpaired) electrons. The van der Waals surface area contributed by atoms with Gasteiger partial charge in [0.25, 0.3) is 0 Å². The van der Waals surface area contributed by atoms with E-state index in [1.807, 2.05) is 0 Å². The predicted octanol–water partition coefficient (Wildman–Crippen LogP) is 2.26. The maximum Gasteiger partial charge on any atom is 0.243 e. The second kappa shape index (κ2) is 9.47. The zero-order valence-corrected chi connectivity index (χ0v) is 17.5. The number of hydrogen-bond acceptors (Lipinski definition) is 4. The molecular weight excluding hydrogens is 400 g/mol. The average Bonchev–Trinajstić information content (AvgIpc) is 2.69. The Morgan fingerprint density at radius 3 is 2.43 bits per heavy atom. The third-order valence-corrected chi connectivity index (χ3v) is 8.02. The van der Waals surface area contributed by atoms with E-state index in [1.165, 1.54) is 22.9 Å². The van der Waals surface area contributed by atoms with Crippen LogP contribution in [0.5, 0.6) is 0 Å². The molecule has 1 heterocycles. The molecule has 2 N–H and O–H groups in total. The van der Waals surface area contributed by atoms with Crippen LogP contribution in [0, 0.1) is 5.92 Å². The van der Waals surface area contributed by atoms with E-state index >= 15 is 0 Å². The minimum atomic E-state index is -3.66. The summed E-state index contributed by atoms with van der Waals surface area (Å²) in [5, 5.41) is 3.07. The van der Waals surface area contributed by atoms with Crippen LogP contribution in [-0.4, -0.2) is 46.5 Å². The predicted molar refractivity (Wildman–Crippen MR) is 107 cm³/mol. The van der Waals surface area contributed by atoms with E-state index < -0.39 is 21.1 Å². The van der Waals surface area contributed by atoms with Crippen molar-refractivity contribution in [1.82, 2.24) is 9.62 Å². The molecule has 2 aliphatic rings. The van der Waals surface area contributed by atoms with Crippen molar-refractivity contribution >= 4 is 27.0 Å². The van der Waals surface area contributed by atoms with Crippen LogP contribution < -0.4 is 5.32 Å². The molecule has 1 aliphatic heterocycles. The molecule has 1 aromatic rings. The highest BCUT2D eigenvalue weighted by molar-refractivity contribution is 7.89. The number of nitrogens with one attached hydrogen (secondary N) is 1. The average molecular weight is 429 g/mol. The fourth-order valence-electron chi connectivity index (χ4n) is 4.01. The number of nitrogens with zero attached hydrogens (tertiary/aromatic N) is 1. The first-order valence-corrected chi connectivity index (χ1v) is 12.5. The molecule has 1 aromatic carbocycles. The molecule has 1 aliphatic carbocycles. The molecule has 0 spiro atoms. The molecule has 2 fully saturated rings. The highest BCUT2D eigenvalue weighted by atomic mass is 32.2. The lowest BCUT2D eigenvalue weighted by atomic mass is 9.88. The largest absolute Gasteiger partial charge is 0.352 e. The summed E-state index contributed by atoms with van der Waals surface area (Å²) in [5.74, 6) is 0.0925. The summed E-state index contributed by atoms with van der Waals surface area (Å²) in [6.07, 6.45) is 6.69. The molecule has 156 valence electrons. The van der Waals surface area contributed by atoms with Gasteiger partial charge < -0.3 is 9.87 Å². The summed E-state index contributed by atoms with van der Waals surface area (Å²) in [4.78, 5) is 12.7. The van der Waals surface area contributed by atoms with Crippen molar-refractivity contribution in [2.24, 2.45) is 5.92 Å². The van der Waals surface area contributed by atoms with Crippen molar-refractivity contribution in [3.8, 4) is 0 Å². The quantitative estimate of drug-likeness (QED) is 0.677. The van der Waals surface area contributed by atoms with Gasteiger partial charge in [0.1, 0.15) is 0 Å². The number of rotatable bonds is 6. The Kier molecular flexibility index (Phi) is 7.25. The van der Waals surface area contributed by atoms with Crippen LogP contribution in [0.4, 0.5) is 0 Å². The maximum absolute atomic E-state index is 13.0. The number of piperidine rings is 1. The first-order valence-electron chi connectivity index (χ1n) is 9.83. The molecular formula is C19H28N2O5S2. The highest BCUT2D eigenvalue weighted by Crippen LogP contribution is 2.25. The van der Waals surface area contributed by atoms with Crippen molar-refractivity contribution in [1.29, 1.82) is 0 Å². The molecule has 1 saturated carbocycles. The Hall–Kier alpha value is -1.29. The van der Waals surface area contributed by atoms with E-state index in [4.69, 9.17) is 4.55 Å². The van der Waals surface area contributed by atoms with Crippen LogP contribution in [0.15, 0.2) is 29.2 Å². The van der Waals surface area contributed by atoms with Gasteiger partial charge in [0.15, 0.2) is 11.1 Å². The third-order valence-electron chi connectivity index (χ3n) is 5.56. The Morgan fingerprint density at radius 2 is 1.79 bits per heavy atom. The summed E-state index contributed by atoms with van der Waals surface area (Å²) in [6.45, 7) is 0.712. The van der Waals surface area contributed by atoms with E-state index in [9.17, 15) is 17.4 Å². The van der Waals surface area contributed by atoms with Crippen molar-refractivity contribution < 1.29 is 22.0 Å². The van der Waals surface area contributed by atoms with Gasteiger partial charge in [-0.25, -0.2) is 12.6 Å². The molecule has 0 bridgehead atoms. The maximum atomic E-state index is 13.0. The van der Waals surface area contributed by atoms with Crippen LogP contribution in [0.3, 0.4) is 0 Å². The van der Waals surface area contributed by atoms with Gasteiger partial charge in [-0.1, -0.05) is 31.4 Å². The lowest BCUT2D eigenvalue weighted by Gasteiger charge is -2.33. The molecule has 3 rings (SSSR count). The summed E-state index contributed by atoms with van der Waals surface area (Å²) < 4.78 is 47.2. The molecule has 1 unspecified atom stereocenters. The lowest BCUT2D eigenvalue weighted by Crippen LogP contribution is -2.50. The van der Waals surface area contributed by atoms with Crippen molar-refractivity contribution in [3.63, 3.8) is 0 Å². The SMILES string of the molecule is O=C(N[C@H]1CCCN(S(=O)(=O)c2ccc(CS(=O)O)cc2)C1)C1CCCCC1. The highest BCUT2D eigenvalue weighted by Gasteiger charge is 2.32. The molecule has 9 heteroatoms. The van der Waals surface area contributed by atoms with Gasteiger partial charge in [0.2, 0.25) is 15.9 Å². The second-order valence-electron chi connectivity index (χ2n) is 7.66. The Balaban J connectivity index is 1.63. The van der Waals surface area contributed by atoms with Crippen molar-refractivity contribution in [2.45, 2.75) is 61.6 Å². The van der Waals surface area contributed by atoms with Crippen LogP contribution in [0.2, 0.25) is 0 Å². The van der Waals surface area contributed by atoms with Gasteiger partial charge >= 0.3 is 0 Å². The van der Waals surface area contributed by atoms with Crippen molar-refractivity contribution in [3.05, 3.63) is 29.8 Å². The minimum Gasteiger partial charge on any atom is -0.352 e. The van der Waals surface area contributed by atoms with Gasteiger partial charge in [-0.3, -0.25) is 4.79 Å². The topological polar surface area (TPSA) is 104 Å². The van der Waals surface area contributed by atoms with E-state index in [-0.39, 0.29) is 35.1 Å². The molecule has 1 saturated heterocycles. The van der Waals surface area contributed by atoms with Gasteiger partial charge in [-0.2, -0.15) is 4.31 Å². The molecule has 2 atom stereocenters. The second-order valence-corrected chi connectivity index (χ2v) is 10.5. The Bertz CT molecular complexity index is 804. The summed E-state index contributed by atoms with van der Waals surface area (Å²) in [5.41, 5.74) is 0.607. The molecule has 7 nitrogen and oxygen atoms in total. The van der Waals surface area contributed by atoms with Crippen LogP contribution in [0.1, 0.15) is 50.5 Å². The van der Waals surface area contributed by atoms with Gasteiger partial charge in [-0.05, 0) is 43.4 Å². The molecule has 28 heavy (non-hydrogen) atoms. The zero-order chi connectivity index (χ0) is 20.1. The van der Waals surface area contributed by atoms with E-state index in [2.05, 4.69) is 5.32 Å². The molecule has 0 aromatic heterocycles. The minimum absolute atomic E-state index is 0.0285. The van der Waals surface area contributed by atoms with Gasteiger partial charge in [0, 0.05) is 25.0 Å². The summed E-state index contributed by atoms with van der Waals surface area (Å²) >= 11 is -1.96. The molecule has 1 amide bonds. The van der Waals surface area contributed by atoms with E-state index in [0.29, 0.717) is 18.5 Å². The first-order chi connectivity index (χ1) is 13.4. The smallest absolute Gasteiger partial charge is 0.243 e. The van der Waals surface area contributed by atoms with Gasteiger partial charge in [-0.15, -0.1) is 0 Å². The van der Waals surface area contributed by atoms with Crippen LogP contribution in [0.25, 0.3) is 0 Å². The fourth-order valence-corrected chi connectivity index (χ4v) is 6.01. The number of carbonyl (C=O) groups is 1. The monoisotopic (exact) mass is 428 g/mol. The zero-order valence-electron chi connectivity index (χ0n) is 15.9.